The van der Waals surface area contributed by atoms with E-state index < -0.39 is 33.6 Å². The number of nitrogens with one attached hydrogen (secondary N) is 2. The first-order valence-corrected chi connectivity index (χ1v) is 10.6. The van der Waals surface area contributed by atoms with Crippen LogP contribution in [-0.4, -0.2) is 27.4 Å². The van der Waals surface area contributed by atoms with Crippen molar-refractivity contribution < 1.29 is 26.4 Å². The second-order valence-corrected chi connectivity index (χ2v) is 8.80. The summed E-state index contributed by atoms with van der Waals surface area (Å²) < 4.78 is 66.1. The van der Waals surface area contributed by atoms with Crippen LogP contribution in [-0.2, 0) is 21.0 Å². The van der Waals surface area contributed by atoms with Gasteiger partial charge in [0.25, 0.3) is 0 Å². The van der Waals surface area contributed by atoms with Gasteiger partial charge in [-0.1, -0.05) is 35.9 Å². The van der Waals surface area contributed by atoms with Gasteiger partial charge in [0, 0.05) is 19.0 Å². The Kier molecular flexibility index (Phi) is 6.00. The number of aryl methyl sites for hydroxylation is 1. The first-order valence-electron chi connectivity index (χ1n) is 9.10. The monoisotopic (exact) mass is 426 g/mol. The second-order valence-electron chi connectivity index (χ2n) is 7.04. The zero-order chi connectivity index (χ0) is 21.2. The third-order valence-electron chi connectivity index (χ3n) is 4.84. The Bertz CT molecular complexity index is 989. The predicted molar refractivity (Wildman–Crippen MR) is 102 cm³/mol. The number of alkyl halides is 3. The van der Waals surface area contributed by atoms with Crippen LogP contribution < -0.4 is 10.0 Å². The fourth-order valence-corrected chi connectivity index (χ4v) is 4.24. The molecule has 9 heteroatoms. The number of rotatable bonds is 7. The zero-order valence-electron chi connectivity index (χ0n) is 15.7. The quantitative estimate of drug-likeness (QED) is 0.668. The maximum absolute atomic E-state index is 13.1. The van der Waals surface area contributed by atoms with Crippen LogP contribution in [0.25, 0.3) is 0 Å². The van der Waals surface area contributed by atoms with E-state index in [1.807, 2.05) is 6.92 Å². The van der Waals surface area contributed by atoms with E-state index in [1.54, 1.807) is 12.1 Å². The number of benzene rings is 2. The first-order chi connectivity index (χ1) is 13.6. The summed E-state index contributed by atoms with van der Waals surface area (Å²) in [6, 6.07) is 11.6. The lowest BCUT2D eigenvalue weighted by Gasteiger charge is -2.12. The molecule has 1 aliphatic carbocycles. The Morgan fingerprint density at radius 3 is 2.38 bits per heavy atom. The van der Waals surface area contributed by atoms with Crippen LogP contribution >= 0.6 is 0 Å². The summed E-state index contributed by atoms with van der Waals surface area (Å²) in [6.07, 6.45) is -4.12. The minimum absolute atomic E-state index is 0.0154. The van der Waals surface area contributed by atoms with Gasteiger partial charge < -0.3 is 5.32 Å². The molecule has 2 N–H and O–H groups in total. The Hall–Kier alpha value is -2.39. The van der Waals surface area contributed by atoms with Crippen LogP contribution in [0.15, 0.2) is 53.4 Å². The number of hydrogen-bond acceptors (Lipinski definition) is 3. The molecule has 2 atom stereocenters. The summed E-state index contributed by atoms with van der Waals surface area (Å²) in [5.41, 5.74) is 0.341. The van der Waals surface area contributed by atoms with Crippen molar-refractivity contribution in [3.05, 3.63) is 65.2 Å². The smallest absolute Gasteiger partial charge is 0.355 e. The highest BCUT2D eigenvalue weighted by Crippen LogP contribution is 2.50. The van der Waals surface area contributed by atoms with Crippen LogP contribution in [0.4, 0.5) is 13.2 Å². The SMILES string of the molecule is Cc1ccc(S(=O)(=O)NCCNC(=O)C2CC2c2ccccc2C(F)(F)F)cc1. The molecule has 29 heavy (non-hydrogen) atoms. The summed E-state index contributed by atoms with van der Waals surface area (Å²) in [5.74, 6) is -1.38. The van der Waals surface area contributed by atoms with Gasteiger partial charge in [-0.15, -0.1) is 0 Å². The van der Waals surface area contributed by atoms with Crippen LogP contribution in [0.1, 0.15) is 29.0 Å². The van der Waals surface area contributed by atoms with Gasteiger partial charge in [-0.25, -0.2) is 13.1 Å². The second kappa shape index (κ2) is 8.16. The van der Waals surface area contributed by atoms with Crippen molar-refractivity contribution in [3.8, 4) is 0 Å². The van der Waals surface area contributed by atoms with Gasteiger partial charge in [0.2, 0.25) is 15.9 Å². The molecule has 156 valence electrons. The zero-order valence-corrected chi connectivity index (χ0v) is 16.5. The van der Waals surface area contributed by atoms with E-state index in [4.69, 9.17) is 0 Å². The van der Waals surface area contributed by atoms with E-state index in [0.29, 0.717) is 6.42 Å². The fraction of sp³-hybridized carbons (Fsp3) is 0.350. The van der Waals surface area contributed by atoms with Crippen molar-refractivity contribution in [1.82, 2.24) is 10.0 Å². The van der Waals surface area contributed by atoms with Crippen molar-refractivity contribution in [2.45, 2.75) is 30.3 Å². The summed E-state index contributed by atoms with van der Waals surface area (Å²) >= 11 is 0. The van der Waals surface area contributed by atoms with Crippen molar-refractivity contribution in [2.75, 3.05) is 13.1 Å². The van der Waals surface area contributed by atoms with Crippen LogP contribution in [0.5, 0.6) is 0 Å². The summed E-state index contributed by atoms with van der Waals surface area (Å²) in [6.45, 7) is 1.88. The molecule has 1 fully saturated rings. The molecule has 0 heterocycles. The van der Waals surface area contributed by atoms with Gasteiger partial charge in [0.15, 0.2) is 0 Å². The summed E-state index contributed by atoms with van der Waals surface area (Å²) in [7, 11) is -3.68. The normalized spacial score (nSPS) is 19.0. The van der Waals surface area contributed by atoms with Gasteiger partial charge >= 0.3 is 6.18 Å². The standard InChI is InChI=1S/C20H21F3N2O3S/c1-13-6-8-14(9-7-13)29(27,28)25-11-10-24-19(26)17-12-16(17)15-4-2-3-5-18(15)20(21,22)23/h2-9,16-17,25H,10-12H2,1H3,(H,24,26). The maximum Gasteiger partial charge on any atom is 0.416 e. The number of carbonyl (C=O) groups is 1. The van der Waals surface area contributed by atoms with Gasteiger partial charge in [-0.05, 0) is 43.0 Å². The average Bonchev–Trinajstić information content (AvgIpc) is 3.46. The van der Waals surface area contributed by atoms with E-state index in [0.717, 1.165) is 11.6 Å². The molecule has 2 aromatic carbocycles. The Labute approximate surface area is 167 Å². The third kappa shape index (κ3) is 5.16. The van der Waals surface area contributed by atoms with Gasteiger partial charge in [-0.2, -0.15) is 13.2 Å². The Morgan fingerprint density at radius 2 is 1.72 bits per heavy atom. The highest BCUT2D eigenvalue weighted by molar-refractivity contribution is 7.89. The molecule has 0 aromatic heterocycles. The number of hydrogen-bond donors (Lipinski definition) is 2. The first kappa shape index (κ1) is 21.3. The molecule has 0 bridgehead atoms. The van der Waals surface area contributed by atoms with E-state index in [9.17, 15) is 26.4 Å². The molecular weight excluding hydrogens is 405 g/mol. The molecule has 5 nitrogen and oxygen atoms in total. The molecule has 0 spiro atoms. The third-order valence-corrected chi connectivity index (χ3v) is 6.32. The molecule has 1 saturated carbocycles. The number of halogens is 3. The average molecular weight is 426 g/mol. The van der Waals surface area contributed by atoms with Crippen molar-refractivity contribution >= 4 is 15.9 Å². The molecular formula is C20H21F3N2O3S. The Balaban J connectivity index is 1.50. The number of carbonyl (C=O) groups excluding carboxylic acids is 1. The van der Waals surface area contributed by atoms with E-state index in [-0.39, 0.29) is 29.5 Å². The summed E-state index contributed by atoms with van der Waals surface area (Å²) in [4.78, 5) is 12.3. The van der Waals surface area contributed by atoms with E-state index in [2.05, 4.69) is 10.0 Å². The lowest BCUT2D eigenvalue weighted by atomic mass is 10.0. The minimum Gasteiger partial charge on any atom is -0.355 e. The molecule has 0 saturated heterocycles. The largest absolute Gasteiger partial charge is 0.416 e. The highest BCUT2D eigenvalue weighted by Gasteiger charge is 2.47. The molecule has 0 aliphatic heterocycles. The predicted octanol–water partition coefficient (Wildman–Crippen LogP) is 3.21. The van der Waals surface area contributed by atoms with Crippen molar-refractivity contribution in [3.63, 3.8) is 0 Å². The van der Waals surface area contributed by atoms with Crippen molar-refractivity contribution in [2.24, 2.45) is 5.92 Å². The van der Waals surface area contributed by atoms with E-state index in [1.165, 1.54) is 30.3 Å². The molecule has 1 aliphatic rings. The lowest BCUT2D eigenvalue weighted by Crippen LogP contribution is -2.35. The van der Waals surface area contributed by atoms with Crippen LogP contribution in [0.2, 0.25) is 0 Å². The molecule has 2 aromatic rings. The van der Waals surface area contributed by atoms with Crippen LogP contribution in [0.3, 0.4) is 0 Å². The Morgan fingerprint density at radius 1 is 1.07 bits per heavy atom. The molecule has 2 unspecified atom stereocenters. The lowest BCUT2D eigenvalue weighted by molar-refractivity contribution is -0.138. The topological polar surface area (TPSA) is 75.3 Å². The molecule has 0 radical (unpaired) electrons. The number of amides is 1. The maximum atomic E-state index is 13.1. The minimum atomic E-state index is -4.46. The van der Waals surface area contributed by atoms with Crippen molar-refractivity contribution in [1.29, 1.82) is 0 Å². The van der Waals surface area contributed by atoms with E-state index >= 15 is 0 Å². The van der Waals surface area contributed by atoms with Gasteiger partial charge in [-0.3, -0.25) is 4.79 Å². The van der Waals surface area contributed by atoms with Gasteiger partial charge in [0.05, 0.1) is 10.5 Å². The summed E-state index contributed by atoms with van der Waals surface area (Å²) in [5, 5.41) is 2.59. The molecule has 3 rings (SSSR count). The molecule has 1 amide bonds. The number of sulfonamides is 1. The van der Waals surface area contributed by atoms with Gasteiger partial charge in [0.1, 0.15) is 0 Å². The van der Waals surface area contributed by atoms with Crippen LogP contribution in [0, 0.1) is 12.8 Å². The highest BCUT2D eigenvalue weighted by atomic mass is 32.2. The fourth-order valence-electron chi connectivity index (χ4n) is 3.21.